The van der Waals surface area contributed by atoms with Crippen LogP contribution in [0.15, 0.2) is 18.2 Å². The van der Waals surface area contributed by atoms with Gasteiger partial charge in [-0.15, -0.1) is 0 Å². The Morgan fingerprint density at radius 1 is 1.10 bits per heavy atom. The van der Waals surface area contributed by atoms with Gasteiger partial charge in [0.1, 0.15) is 0 Å². The highest BCUT2D eigenvalue weighted by molar-refractivity contribution is 5.17. The third-order valence-electron chi connectivity index (χ3n) is 4.54. The minimum absolute atomic E-state index is 0.506. The Kier molecular flexibility index (Phi) is 5.53. The fourth-order valence-electron chi connectivity index (χ4n) is 3.11. The normalized spacial score (nSPS) is 23.9. The van der Waals surface area contributed by atoms with Gasteiger partial charge in [-0.3, -0.25) is 0 Å². The van der Waals surface area contributed by atoms with Gasteiger partial charge in [-0.25, -0.2) is 8.78 Å². The molecule has 1 aromatic rings. The van der Waals surface area contributed by atoms with Crippen molar-refractivity contribution in [2.24, 2.45) is 11.8 Å². The van der Waals surface area contributed by atoms with E-state index in [9.17, 15) is 8.78 Å². The second-order valence-corrected chi connectivity index (χ2v) is 6.34. The lowest BCUT2D eigenvalue weighted by Gasteiger charge is -2.19. The Morgan fingerprint density at radius 2 is 1.90 bits per heavy atom. The molecule has 1 nitrogen and oxygen atoms in total. The third kappa shape index (κ3) is 4.27. The molecule has 0 heterocycles. The van der Waals surface area contributed by atoms with E-state index in [-0.39, 0.29) is 0 Å². The first-order chi connectivity index (χ1) is 9.56. The zero-order valence-corrected chi connectivity index (χ0v) is 12.5. The van der Waals surface area contributed by atoms with E-state index < -0.39 is 11.6 Å². The second-order valence-electron chi connectivity index (χ2n) is 6.34. The Hall–Kier alpha value is -0.960. The van der Waals surface area contributed by atoms with Gasteiger partial charge in [0, 0.05) is 12.6 Å². The van der Waals surface area contributed by atoms with E-state index in [2.05, 4.69) is 19.2 Å². The van der Waals surface area contributed by atoms with E-state index in [0.29, 0.717) is 12.6 Å². The number of halogens is 2. The van der Waals surface area contributed by atoms with Gasteiger partial charge in [0.15, 0.2) is 11.6 Å². The molecule has 112 valence electrons. The average Bonchev–Trinajstić information content (AvgIpc) is 2.66. The van der Waals surface area contributed by atoms with Gasteiger partial charge in [0.25, 0.3) is 0 Å². The molecule has 2 rings (SSSR count). The molecule has 0 spiro atoms. The molecule has 1 fully saturated rings. The van der Waals surface area contributed by atoms with Crippen LogP contribution in [0.25, 0.3) is 0 Å². The summed E-state index contributed by atoms with van der Waals surface area (Å²) in [6, 6.07) is 4.65. The van der Waals surface area contributed by atoms with Crippen LogP contribution in [0, 0.1) is 23.5 Å². The largest absolute Gasteiger partial charge is 0.310 e. The summed E-state index contributed by atoms with van der Waals surface area (Å²) in [4.78, 5) is 0. The first-order valence-electron chi connectivity index (χ1n) is 7.73. The highest BCUT2D eigenvalue weighted by atomic mass is 19.2. The fraction of sp³-hybridized carbons (Fsp3) is 0.647. The van der Waals surface area contributed by atoms with Gasteiger partial charge >= 0.3 is 0 Å². The summed E-state index contributed by atoms with van der Waals surface area (Å²) in [5, 5.41) is 3.49. The lowest BCUT2D eigenvalue weighted by molar-refractivity contribution is 0.337. The van der Waals surface area contributed by atoms with Crippen molar-refractivity contribution in [1.29, 1.82) is 0 Å². The molecular weight excluding hydrogens is 256 g/mol. The minimum Gasteiger partial charge on any atom is -0.310 e. The van der Waals surface area contributed by atoms with E-state index in [1.807, 2.05) is 0 Å². The number of nitrogens with one attached hydrogen (secondary N) is 1. The molecule has 0 aliphatic heterocycles. The maximum absolute atomic E-state index is 13.1. The average molecular weight is 281 g/mol. The van der Waals surface area contributed by atoms with Gasteiger partial charge < -0.3 is 5.32 Å². The van der Waals surface area contributed by atoms with Gasteiger partial charge in [-0.1, -0.05) is 32.8 Å². The smallest absolute Gasteiger partial charge is 0.159 e. The standard InChI is InChI=1S/C17H25F2N/c1-12(2)14-4-3-5-15(8-7-14)20-11-13-6-9-16(18)17(19)10-13/h6,9-10,12,14-15,20H,3-5,7-8,11H2,1-2H3. The summed E-state index contributed by atoms with van der Waals surface area (Å²) in [7, 11) is 0. The van der Waals surface area contributed by atoms with E-state index >= 15 is 0 Å². The van der Waals surface area contributed by atoms with Crippen LogP contribution in [0.1, 0.15) is 51.5 Å². The number of hydrogen-bond acceptors (Lipinski definition) is 1. The van der Waals surface area contributed by atoms with Crippen molar-refractivity contribution in [2.75, 3.05) is 0 Å². The molecule has 0 amide bonds. The highest BCUT2D eigenvalue weighted by Crippen LogP contribution is 2.28. The quantitative estimate of drug-likeness (QED) is 0.791. The summed E-state index contributed by atoms with van der Waals surface area (Å²) < 4.78 is 26.0. The Balaban J connectivity index is 1.83. The minimum atomic E-state index is -0.775. The molecule has 20 heavy (non-hydrogen) atoms. The van der Waals surface area contributed by atoms with E-state index in [1.54, 1.807) is 6.07 Å². The highest BCUT2D eigenvalue weighted by Gasteiger charge is 2.20. The maximum atomic E-state index is 13.1. The zero-order valence-electron chi connectivity index (χ0n) is 12.5. The molecule has 1 aromatic carbocycles. The van der Waals surface area contributed by atoms with E-state index in [4.69, 9.17) is 0 Å². The predicted octanol–water partition coefficient (Wildman–Crippen LogP) is 4.66. The summed E-state index contributed by atoms with van der Waals surface area (Å²) in [6.45, 7) is 5.23. The zero-order chi connectivity index (χ0) is 14.5. The Labute approximate surface area is 120 Å². The lowest BCUT2D eigenvalue weighted by atomic mass is 9.89. The van der Waals surface area contributed by atoms with Crippen molar-refractivity contribution in [3.05, 3.63) is 35.4 Å². The summed E-state index contributed by atoms with van der Waals surface area (Å²) in [6.07, 6.45) is 6.23. The number of benzene rings is 1. The van der Waals surface area contributed by atoms with Crippen molar-refractivity contribution in [3.8, 4) is 0 Å². The van der Waals surface area contributed by atoms with Crippen LogP contribution in [-0.2, 0) is 6.54 Å². The molecule has 0 aromatic heterocycles. The van der Waals surface area contributed by atoms with Crippen LogP contribution < -0.4 is 5.32 Å². The van der Waals surface area contributed by atoms with E-state index in [1.165, 1.54) is 44.2 Å². The molecule has 1 saturated carbocycles. The third-order valence-corrected chi connectivity index (χ3v) is 4.54. The summed E-state index contributed by atoms with van der Waals surface area (Å²) >= 11 is 0. The van der Waals surface area contributed by atoms with Crippen LogP contribution in [0.5, 0.6) is 0 Å². The molecular formula is C17H25F2N. The Bertz CT molecular complexity index is 431. The number of hydrogen-bond donors (Lipinski definition) is 1. The van der Waals surface area contributed by atoms with Gasteiger partial charge in [-0.05, 0) is 48.8 Å². The summed E-state index contributed by atoms with van der Waals surface area (Å²) in [5.74, 6) is 0.0676. The maximum Gasteiger partial charge on any atom is 0.159 e. The molecule has 0 saturated heterocycles. The second kappa shape index (κ2) is 7.16. The molecule has 0 bridgehead atoms. The Morgan fingerprint density at radius 3 is 2.60 bits per heavy atom. The van der Waals surface area contributed by atoms with Crippen LogP contribution in [0.3, 0.4) is 0 Å². The first kappa shape index (κ1) is 15.4. The lowest BCUT2D eigenvalue weighted by Crippen LogP contribution is -2.28. The number of rotatable bonds is 4. The summed E-state index contributed by atoms with van der Waals surface area (Å²) in [5.41, 5.74) is 0.813. The van der Waals surface area contributed by atoms with Crippen LogP contribution >= 0.6 is 0 Å². The molecule has 2 unspecified atom stereocenters. The van der Waals surface area contributed by atoms with Crippen molar-refractivity contribution in [3.63, 3.8) is 0 Å². The monoisotopic (exact) mass is 281 g/mol. The fourth-order valence-corrected chi connectivity index (χ4v) is 3.11. The van der Waals surface area contributed by atoms with Crippen molar-refractivity contribution >= 4 is 0 Å². The molecule has 2 atom stereocenters. The van der Waals surface area contributed by atoms with Crippen LogP contribution in [-0.4, -0.2) is 6.04 Å². The van der Waals surface area contributed by atoms with E-state index in [0.717, 1.165) is 17.4 Å². The van der Waals surface area contributed by atoms with Crippen molar-refractivity contribution in [1.82, 2.24) is 5.32 Å². The molecule has 1 aliphatic carbocycles. The first-order valence-corrected chi connectivity index (χ1v) is 7.73. The van der Waals surface area contributed by atoms with Crippen molar-refractivity contribution in [2.45, 2.75) is 58.5 Å². The predicted molar refractivity (Wildman–Crippen MR) is 78.4 cm³/mol. The van der Waals surface area contributed by atoms with Gasteiger partial charge in [0.05, 0.1) is 0 Å². The van der Waals surface area contributed by atoms with Gasteiger partial charge in [-0.2, -0.15) is 0 Å². The van der Waals surface area contributed by atoms with Crippen molar-refractivity contribution < 1.29 is 8.78 Å². The van der Waals surface area contributed by atoms with Gasteiger partial charge in [0.2, 0.25) is 0 Å². The molecule has 0 radical (unpaired) electrons. The van der Waals surface area contributed by atoms with Crippen LogP contribution in [0.4, 0.5) is 8.78 Å². The molecule has 3 heteroatoms. The topological polar surface area (TPSA) is 12.0 Å². The molecule has 1 aliphatic rings. The van der Waals surface area contributed by atoms with Crippen LogP contribution in [0.2, 0.25) is 0 Å². The SMILES string of the molecule is CC(C)C1CCCC(NCc2ccc(F)c(F)c2)CC1. The molecule has 1 N–H and O–H groups in total.